The van der Waals surface area contributed by atoms with Crippen molar-refractivity contribution in [2.75, 3.05) is 5.32 Å². The highest BCUT2D eigenvalue weighted by Gasteiger charge is 2.07. The number of phenols is 1. The van der Waals surface area contributed by atoms with Crippen molar-refractivity contribution in [2.24, 2.45) is 0 Å². The molecular formula is C12H9FN2O2. The second kappa shape index (κ2) is 4.61. The van der Waals surface area contributed by atoms with E-state index in [-0.39, 0.29) is 17.1 Å². The van der Waals surface area contributed by atoms with Crippen LogP contribution in [0.2, 0.25) is 0 Å². The minimum absolute atomic E-state index is 0.00940. The predicted octanol–water partition coefficient (Wildman–Crippen LogP) is 2.18. The van der Waals surface area contributed by atoms with Crippen LogP contribution in [0.25, 0.3) is 0 Å². The normalized spacial score (nSPS) is 9.94. The van der Waals surface area contributed by atoms with E-state index in [2.05, 4.69) is 10.3 Å². The second-order valence-corrected chi connectivity index (χ2v) is 3.35. The minimum atomic E-state index is -0.668. The van der Waals surface area contributed by atoms with E-state index in [1.807, 2.05) is 0 Å². The van der Waals surface area contributed by atoms with Gasteiger partial charge in [0.25, 0.3) is 5.91 Å². The number of carbonyl (C=O) groups is 1. The maximum atomic E-state index is 12.8. The molecule has 0 atom stereocenters. The maximum absolute atomic E-state index is 12.8. The maximum Gasteiger partial charge on any atom is 0.256 e. The summed E-state index contributed by atoms with van der Waals surface area (Å²) in [5, 5.41) is 11.6. The molecular weight excluding hydrogens is 223 g/mol. The average Bonchev–Trinajstić information content (AvgIpc) is 2.29. The van der Waals surface area contributed by atoms with Crippen LogP contribution in [0.3, 0.4) is 0 Å². The van der Waals surface area contributed by atoms with Crippen molar-refractivity contribution >= 4 is 11.7 Å². The van der Waals surface area contributed by atoms with Crippen molar-refractivity contribution in [2.45, 2.75) is 0 Å². The monoisotopic (exact) mass is 232 g/mol. The number of nitrogens with one attached hydrogen (secondary N) is 1. The molecule has 2 N–H and O–H groups in total. The molecule has 86 valence electrons. The van der Waals surface area contributed by atoms with Gasteiger partial charge in [0.2, 0.25) is 5.95 Å². The smallest absolute Gasteiger partial charge is 0.256 e. The fourth-order valence-corrected chi connectivity index (χ4v) is 1.31. The van der Waals surface area contributed by atoms with Gasteiger partial charge in [-0.2, -0.15) is 4.39 Å². The molecule has 0 radical (unpaired) electrons. The third kappa shape index (κ3) is 2.78. The zero-order chi connectivity index (χ0) is 12.3. The molecule has 2 aromatic rings. The van der Waals surface area contributed by atoms with Gasteiger partial charge in [-0.15, -0.1) is 0 Å². The summed E-state index contributed by atoms with van der Waals surface area (Å²) in [7, 11) is 0. The summed E-state index contributed by atoms with van der Waals surface area (Å²) in [5.74, 6) is -1.01. The van der Waals surface area contributed by atoms with Crippen LogP contribution in [-0.4, -0.2) is 16.0 Å². The molecule has 5 heteroatoms. The topological polar surface area (TPSA) is 62.2 Å². The molecule has 0 saturated carbocycles. The summed E-state index contributed by atoms with van der Waals surface area (Å²) in [6.45, 7) is 0. The molecule has 1 heterocycles. The standard InChI is InChI=1S/C12H9FN2O2/c13-10-5-2-6-11(14-10)15-12(17)8-3-1-4-9(16)7-8/h1-7,16H,(H,14,15,17). The number of aromatic hydroxyl groups is 1. The van der Waals surface area contributed by atoms with E-state index in [4.69, 9.17) is 0 Å². The predicted molar refractivity (Wildman–Crippen MR) is 60.3 cm³/mol. The molecule has 1 aromatic heterocycles. The number of anilines is 1. The van der Waals surface area contributed by atoms with Crippen LogP contribution < -0.4 is 5.32 Å². The van der Waals surface area contributed by atoms with E-state index in [0.717, 1.165) is 0 Å². The lowest BCUT2D eigenvalue weighted by atomic mass is 10.2. The number of aromatic nitrogens is 1. The number of carbonyl (C=O) groups excluding carboxylic acids is 1. The Bertz CT molecular complexity index is 558. The van der Waals surface area contributed by atoms with Crippen LogP contribution in [0.4, 0.5) is 10.2 Å². The number of pyridine rings is 1. The van der Waals surface area contributed by atoms with Gasteiger partial charge in [0.05, 0.1) is 0 Å². The first-order valence-corrected chi connectivity index (χ1v) is 4.88. The van der Waals surface area contributed by atoms with Crippen molar-refractivity contribution in [3.63, 3.8) is 0 Å². The molecule has 0 unspecified atom stereocenters. The first kappa shape index (κ1) is 11.1. The van der Waals surface area contributed by atoms with Crippen molar-refractivity contribution < 1.29 is 14.3 Å². The van der Waals surface area contributed by atoms with E-state index in [1.165, 1.54) is 36.4 Å². The van der Waals surface area contributed by atoms with Crippen molar-refractivity contribution in [1.29, 1.82) is 0 Å². The van der Waals surface area contributed by atoms with Crippen LogP contribution in [0.5, 0.6) is 5.75 Å². The fourth-order valence-electron chi connectivity index (χ4n) is 1.31. The highest BCUT2D eigenvalue weighted by Crippen LogP contribution is 2.12. The third-order valence-corrected chi connectivity index (χ3v) is 2.07. The Hall–Kier alpha value is -2.43. The number of hydrogen-bond donors (Lipinski definition) is 2. The molecule has 0 aliphatic heterocycles. The van der Waals surface area contributed by atoms with Gasteiger partial charge < -0.3 is 10.4 Å². The number of phenolic OH excluding ortho intramolecular Hbond substituents is 1. The molecule has 4 nitrogen and oxygen atoms in total. The molecule has 17 heavy (non-hydrogen) atoms. The largest absolute Gasteiger partial charge is 0.508 e. The quantitative estimate of drug-likeness (QED) is 0.780. The van der Waals surface area contributed by atoms with Gasteiger partial charge in [0.1, 0.15) is 11.6 Å². The first-order chi connectivity index (χ1) is 8.15. The number of benzene rings is 1. The van der Waals surface area contributed by atoms with Crippen molar-refractivity contribution in [3.8, 4) is 5.75 Å². The minimum Gasteiger partial charge on any atom is -0.508 e. The van der Waals surface area contributed by atoms with Crippen LogP contribution in [0.15, 0.2) is 42.5 Å². The van der Waals surface area contributed by atoms with E-state index in [0.29, 0.717) is 0 Å². The Kier molecular flexibility index (Phi) is 3.00. The summed E-state index contributed by atoms with van der Waals surface area (Å²) in [5.41, 5.74) is 0.274. The molecule has 1 aromatic carbocycles. The summed E-state index contributed by atoms with van der Waals surface area (Å²) >= 11 is 0. The van der Waals surface area contributed by atoms with Crippen molar-refractivity contribution in [1.82, 2.24) is 4.98 Å². The lowest BCUT2D eigenvalue weighted by Gasteiger charge is -2.04. The summed E-state index contributed by atoms with van der Waals surface area (Å²) in [6.07, 6.45) is 0. The average molecular weight is 232 g/mol. The molecule has 1 amide bonds. The summed E-state index contributed by atoms with van der Waals surface area (Å²) < 4.78 is 12.8. The molecule has 0 aliphatic carbocycles. The molecule has 0 fully saturated rings. The molecule has 0 aliphatic rings. The summed E-state index contributed by atoms with van der Waals surface area (Å²) in [6, 6.07) is 9.96. The third-order valence-electron chi connectivity index (χ3n) is 2.07. The zero-order valence-corrected chi connectivity index (χ0v) is 8.72. The Morgan fingerprint density at radius 2 is 2.00 bits per heavy atom. The highest BCUT2D eigenvalue weighted by molar-refractivity contribution is 6.03. The molecule has 2 rings (SSSR count). The van der Waals surface area contributed by atoms with Gasteiger partial charge in [0, 0.05) is 5.56 Å². The Morgan fingerprint density at radius 3 is 2.71 bits per heavy atom. The van der Waals surface area contributed by atoms with E-state index in [1.54, 1.807) is 6.07 Å². The lowest BCUT2D eigenvalue weighted by Crippen LogP contribution is -2.13. The molecule has 0 bridgehead atoms. The number of hydrogen-bond acceptors (Lipinski definition) is 3. The number of nitrogens with zero attached hydrogens (tertiary/aromatic N) is 1. The van der Waals surface area contributed by atoms with Gasteiger partial charge >= 0.3 is 0 Å². The zero-order valence-electron chi connectivity index (χ0n) is 8.72. The van der Waals surface area contributed by atoms with Crippen LogP contribution in [-0.2, 0) is 0 Å². The van der Waals surface area contributed by atoms with Gasteiger partial charge in [-0.05, 0) is 30.3 Å². The number of halogens is 1. The van der Waals surface area contributed by atoms with E-state index >= 15 is 0 Å². The second-order valence-electron chi connectivity index (χ2n) is 3.35. The Balaban J connectivity index is 2.17. The number of rotatable bonds is 2. The van der Waals surface area contributed by atoms with Gasteiger partial charge in [0.15, 0.2) is 0 Å². The van der Waals surface area contributed by atoms with Crippen LogP contribution >= 0.6 is 0 Å². The van der Waals surface area contributed by atoms with Gasteiger partial charge in [-0.25, -0.2) is 4.98 Å². The van der Waals surface area contributed by atoms with Gasteiger partial charge in [-0.1, -0.05) is 12.1 Å². The first-order valence-electron chi connectivity index (χ1n) is 4.88. The van der Waals surface area contributed by atoms with Gasteiger partial charge in [-0.3, -0.25) is 4.79 Å². The Morgan fingerprint density at radius 1 is 1.24 bits per heavy atom. The SMILES string of the molecule is O=C(Nc1cccc(F)n1)c1cccc(O)c1. The van der Waals surface area contributed by atoms with Crippen molar-refractivity contribution in [3.05, 3.63) is 54.0 Å². The molecule has 0 spiro atoms. The Labute approximate surface area is 96.7 Å². The lowest BCUT2D eigenvalue weighted by molar-refractivity contribution is 0.102. The van der Waals surface area contributed by atoms with Crippen LogP contribution in [0, 0.1) is 5.95 Å². The summed E-state index contributed by atoms with van der Waals surface area (Å²) in [4.78, 5) is 15.2. The highest BCUT2D eigenvalue weighted by atomic mass is 19.1. The van der Waals surface area contributed by atoms with E-state index < -0.39 is 11.9 Å². The van der Waals surface area contributed by atoms with Crippen LogP contribution in [0.1, 0.15) is 10.4 Å². The number of amides is 1. The fraction of sp³-hybridized carbons (Fsp3) is 0. The molecule has 0 saturated heterocycles. The van der Waals surface area contributed by atoms with E-state index in [9.17, 15) is 14.3 Å².